The summed E-state index contributed by atoms with van der Waals surface area (Å²) in [5.74, 6) is -1.64. The Morgan fingerprint density at radius 3 is 2.11 bits per heavy atom. The Hall–Kier alpha value is -3.39. The highest BCUT2D eigenvalue weighted by Crippen LogP contribution is 2.44. The Morgan fingerprint density at radius 1 is 1.00 bits per heavy atom. The molecule has 1 unspecified atom stereocenters. The van der Waals surface area contributed by atoms with Crippen LogP contribution in [-0.4, -0.2) is 66.8 Å². The normalized spacial score (nSPS) is 17.2. The summed E-state index contributed by atoms with van der Waals surface area (Å²) in [5.41, 5.74) is 3.18. The summed E-state index contributed by atoms with van der Waals surface area (Å²) < 4.78 is 5.60. The summed E-state index contributed by atoms with van der Waals surface area (Å²) in [4.78, 5) is 39.6. The predicted octanol–water partition coefficient (Wildman–Crippen LogP) is 3.36. The number of carbonyl (C=O) groups is 3. The zero-order chi connectivity index (χ0) is 25.0. The molecule has 2 aliphatic rings. The van der Waals surface area contributed by atoms with Crippen molar-refractivity contribution >= 4 is 18.0 Å². The van der Waals surface area contributed by atoms with E-state index >= 15 is 0 Å². The van der Waals surface area contributed by atoms with Gasteiger partial charge in [0.05, 0.1) is 0 Å². The molecule has 0 saturated heterocycles. The molecule has 186 valence electrons. The van der Waals surface area contributed by atoms with E-state index in [1.807, 2.05) is 36.4 Å². The maximum absolute atomic E-state index is 13.1. The summed E-state index contributed by atoms with van der Waals surface area (Å²) in [6.45, 7) is 0.348. The lowest BCUT2D eigenvalue weighted by atomic mass is 9.81. The summed E-state index contributed by atoms with van der Waals surface area (Å²) in [7, 11) is 3.57. The van der Waals surface area contributed by atoms with Crippen molar-refractivity contribution < 1.29 is 24.2 Å². The molecule has 1 fully saturated rings. The summed E-state index contributed by atoms with van der Waals surface area (Å²) in [6, 6.07) is 15.2. The number of ether oxygens (including phenoxy) is 1. The van der Waals surface area contributed by atoms with Gasteiger partial charge in [-0.25, -0.2) is 9.59 Å². The van der Waals surface area contributed by atoms with Gasteiger partial charge >= 0.3 is 12.1 Å². The van der Waals surface area contributed by atoms with Crippen LogP contribution < -0.4 is 10.6 Å². The van der Waals surface area contributed by atoms with Gasteiger partial charge in [0.15, 0.2) is 0 Å². The van der Waals surface area contributed by atoms with Gasteiger partial charge in [-0.2, -0.15) is 0 Å². The highest BCUT2D eigenvalue weighted by atomic mass is 16.5. The van der Waals surface area contributed by atoms with Gasteiger partial charge in [0.25, 0.3) is 0 Å². The SMILES string of the molecule is CN(C)CC(NC(=O)OCC1c2ccccc2-c2ccccc21)C(=O)NC1(C(=O)O)CCCCC1. The van der Waals surface area contributed by atoms with Crippen LogP contribution in [0.1, 0.15) is 49.1 Å². The zero-order valence-corrected chi connectivity index (χ0v) is 20.3. The fourth-order valence-corrected chi connectivity index (χ4v) is 5.21. The molecule has 35 heavy (non-hydrogen) atoms. The Bertz CT molecular complexity index is 1050. The minimum Gasteiger partial charge on any atom is -0.480 e. The zero-order valence-electron chi connectivity index (χ0n) is 20.3. The van der Waals surface area contributed by atoms with Crippen molar-refractivity contribution in [2.45, 2.75) is 49.6 Å². The number of nitrogens with one attached hydrogen (secondary N) is 2. The fraction of sp³-hybridized carbons (Fsp3) is 0.444. The summed E-state index contributed by atoms with van der Waals surface area (Å²) >= 11 is 0. The first-order chi connectivity index (χ1) is 16.8. The van der Waals surface area contributed by atoms with Crippen molar-refractivity contribution in [3.63, 3.8) is 0 Å². The van der Waals surface area contributed by atoms with E-state index in [1.54, 1.807) is 19.0 Å². The third-order valence-corrected chi connectivity index (χ3v) is 6.98. The average Bonchev–Trinajstić information content (AvgIpc) is 3.16. The molecule has 0 heterocycles. The number of carboxylic acid groups (broad SMARTS) is 1. The minimum absolute atomic E-state index is 0.0909. The Labute approximate surface area is 205 Å². The number of nitrogens with zero attached hydrogens (tertiary/aromatic N) is 1. The highest BCUT2D eigenvalue weighted by Gasteiger charge is 2.42. The van der Waals surface area contributed by atoms with E-state index in [0.29, 0.717) is 12.8 Å². The minimum atomic E-state index is -1.29. The number of carboxylic acids is 1. The van der Waals surface area contributed by atoms with Crippen molar-refractivity contribution in [3.8, 4) is 11.1 Å². The van der Waals surface area contributed by atoms with Crippen molar-refractivity contribution in [2.75, 3.05) is 27.2 Å². The third kappa shape index (κ3) is 5.32. The first-order valence-electron chi connectivity index (χ1n) is 12.1. The molecular formula is C27H33N3O5. The quantitative estimate of drug-likeness (QED) is 0.536. The van der Waals surface area contributed by atoms with Gasteiger partial charge in [0.2, 0.25) is 5.91 Å². The van der Waals surface area contributed by atoms with Crippen LogP contribution in [0.5, 0.6) is 0 Å². The molecule has 1 atom stereocenters. The number of alkyl carbamates (subject to hydrolysis) is 1. The van der Waals surface area contributed by atoms with Crippen molar-refractivity contribution in [3.05, 3.63) is 59.7 Å². The molecule has 0 bridgehead atoms. The van der Waals surface area contributed by atoms with Crippen molar-refractivity contribution in [1.29, 1.82) is 0 Å². The molecule has 3 N–H and O–H groups in total. The average molecular weight is 480 g/mol. The fourth-order valence-electron chi connectivity index (χ4n) is 5.21. The lowest BCUT2D eigenvalue weighted by molar-refractivity contribution is -0.149. The van der Waals surface area contributed by atoms with Crippen molar-refractivity contribution in [1.82, 2.24) is 15.5 Å². The second-order valence-electron chi connectivity index (χ2n) is 9.72. The van der Waals surface area contributed by atoms with E-state index in [-0.39, 0.29) is 19.1 Å². The van der Waals surface area contributed by atoms with Gasteiger partial charge in [-0.1, -0.05) is 67.8 Å². The van der Waals surface area contributed by atoms with E-state index in [1.165, 1.54) is 0 Å². The van der Waals surface area contributed by atoms with E-state index in [2.05, 4.69) is 22.8 Å². The molecule has 0 radical (unpaired) electrons. The number of carbonyl (C=O) groups excluding carboxylic acids is 2. The molecule has 4 rings (SSSR count). The maximum Gasteiger partial charge on any atom is 0.407 e. The molecule has 8 heteroatoms. The van der Waals surface area contributed by atoms with Crippen LogP contribution in [-0.2, 0) is 14.3 Å². The topological polar surface area (TPSA) is 108 Å². The van der Waals surface area contributed by atoms with Crippen LogP contribution in [0, 0.1) is 0 Å². The Balaban J connectivity index is 1.43. The summed E-state index contributed by atoms with van der Waals surface area (Å²) in [5, 5.41) is 15.2. The van der Waals surface area contributed by atoms with Crippen LogP contribution in [0.4, 0.5) is 4.79 Å². The molecule has 2 aliphatic carbocycles. The first kappa shape index (κ1) is 24.7. The number of hydrogen-bond acceptors (Lipinski definition) is 5. The first-order valence-corrected chi connectivity index (χ1v) is 12.1. The van der Waals surface area contributed by atoms with Gasteiger partial charge in [0, 0.05) is 12.5 Å². The van der Waals surface area contributed by atoms with E-state index in [4.69, 9.17) is 4.74 Å². The third-order valence-electron chi connectivity index (χ3n) is 6.98. The van der Waals surface area contributed by atoms with Gasteiger partial charge < -0.3 is 25.4 Å². The van der Waals surface area contributed by atoms with Crippen molar-refractivity contribution in [2.24, 2.45) is 0 Å². The van der Waals surface area contributed by atoms with Gasteiger partial charge in [-0.15, -0.1) is 0 Å². The number of benzene rings is 2. The molecule has 0 aliphatic heterocycles. The molecule has 2 amide bonds. The molecule has 0 spiro atoms. The molecular weight excluding hydrogens is 446 g/mol. The number of rotatable bonds is 8. The smallest absolute Gasteiger partial charge is 0.407 e. The van der Waals surface area contributed by atoms with Crippen LogP contribution in [0.25, 0.3) is 11.1 Å². The standard InChI is InChI=1S/C27H33N3O5/c1-30(2)16-23(24(31)29-27(25(32)33)14-8-3-9-15-27)28-26(34)35-17-22-20-12-6-4-10-18(20)19-11-5-7-13-21(19)22/h4-7,10-13,22-23H,3,8-9,14-17H2,1-2H3,(H,28,34)(H,29,31)(H,32,33). The van der Waals surface area contributed by atoms with Gasteiger partial charge in [-0.05, 0) is 49.2 Å². The second-order valence-corrected chi connectivity index (χ2v) is 9.72. The van der Waals surface area contributed by atoms with E-state index in [9.17, 15) is 19.5 Å². The Morgan fingerprint density at radius 2 is 1.57 bits per heavy atom. The number of fused-ring (bicyclic) bond motifs is 3. The lowest BCUT2D eigenvalue weighted by Crippen LogP contribution is -2.61. The predicted molar refractivity (Wildman–Crippen MR) is 132 cm³/mol. The van der Waals surface area contributed by atoms with Gasteiger partial charge in [-0.3, -0.25) is 4.79 Å². The monoisotopic (exact) mass is 479 g/mol. The highest BCUT2D eigenvalue weighted by molar-refractivity contribution is 5.91. The van der Waals surface area contributed by atoms with Gasteiger partial charge in [0.1, 0.15) is 18.2 Å². The lowest BCUT2D eigenvalue weighted by Gasteiger charge is -2.35. The number of aliphatic carboxylic acids is 1. The summed E-state index contributed by atoms with van der Waals surface area (Å²) in [6.07, 6.45) is 2.49. The number of hydrogen-bond donors (Lipinski definition) is 3. The van der Waals surface area contributed by atoms with E-state index in [0.717, 1.165) is 41.5 Å². The second kappa shape index (κ2) is 10.5. The molecule has 0 aromatic heterocycles. The van der Waals surface area contributed by atoms with Crippen LogP contribution >= 0.6 is 0 Å². The van der Waals surface area contributed by atoms with Crippen LogP contribution in [0.2, 0.25) is 0 Å². The number of likely N-dealkylation sites (N-methyl/N-ethyl adjacent to an activating group) is 1. The molecule has 1 saturated carbocycles. The molecule has 8 nitrogen and oxygen atoms in total. The largest absolute Gasteiger partial charge is 0.480 e. The number of amides is 2. The Kier molecular flexibility index (Phi) is 7.40. The molecule has 2 aromatic carbocycles. The van der Waals surface area contributed by atoms with Crippen LogP contribution in [0.15, 0.2) is 48.5 Å². The van der Waals surface area contributed by atoms with E-state index < -0.39 is 29.6 Å². The van der Waals surface area contributed by atoms with Crippen LogP contribution in [0.3, 0.4) is 0 Å². The maximum atomic E-state index is 13.1. The molecule has 2 aromatic rings.